The van der Waals surface area contributed by atoms with Gasteiger partial charge >= 0.3 is 0 Å². The number of benzene rings is 1. The van der Waals surface area contributed by atoms with Crippen molar-refractivity contribution in [2.75, 3.05) is 19.0 Å². The smallest absolute Gasteiger partial charge is 0.207 e. The highest BCUT2D eigenvalue weighted by molar-refractivity contribution is 14.1. The van der Waals surface area contributed by atoms with Gasteiger partial charge in [0, 0.05) is 29.1 Å². The average Bonchev–Trinajstić information content (AvgIpc) is 2.67. The Morgan fingerprint density at radius 1 is 1.44 bits per heavy atom. The summed E-state index contributed by atoms with van der Waals surface area (Å²) in [6.07, 6.45) is 2.02. The molecule has 0 amide bonds. The van der Waals surface area contributed by atoms with Gasteiger partial charge in [0.1, 0.15) is 0 Å². The number of nitrogens with zero attached hydrogens (tertiary/aromatic N) is 2. The molecule has 0 atom stereocenters. The summed E-state index contributed by atoms with van der Waals surface area (Å²) < 4.78 is 8.37. The molecular formula is C13H16IN3O. The number of halogens is 1. The molecule has 0 bridgehead atoms. The molecule has 4 nitrogen and oxygen atoms in total. The zero-order valence-corrected chi connectivity index (χ0v) is 12.6. The van der Waals surface area contributed by atoms with Crippen LogP contribution in [-0.4, -0.2) is 23.3 Å². The summed E-state index contributed by atoms with van der Waals surface area (Å²) in [5.41, 5.74) is 2.05. The number of imidazole rings is 1. The molecular weight excluding hydrogens is 341 g/mol. The molecule has 1 aromatic heterocycles. The van der Waals surface area contributed by atoms with Crippen LogP contribution in [-0.2, 0) is 11.3 Å². The van der Waals surface area contributed by atoms with Crippen LogP contribution in [0.15, 0.2) is 30.5 Å². The first kappa shape index (κ1) is 13.4. The maximum Gasteiger partial charge on any atom is 0.207 e. The molecule has 0 aliphatic carbocycles. The maximum atomic E-state index is 5.10. The highest BCUT2D eigenvalue weighted by atomic mass is 127. The largest absolute Gasteiger partial charge is 0.383 e. The molecule has 0 fully saturated rings. The second-order valence-corrected chi connectivity index (χ2v) is 5.27. The minimum absolute atomic E-state index is 0.677. The first-order valence-corrected chi connectivity index (χ1v) is 6.82. The Labute approximate surface area is 121 Å². The first-order valence-electron chi connectivity index (χ1n) is 5.74. The topological polar surface area (TPSA) is 39.1 Å². The second-order valence-electron chi connectivity index (χ2n) is 4.03. The molecule has 2 rings (SSSR count). The normalized spacial score (nSPS) is 10.6. The van der Waals surface area contributed by atoms with Crippen molar-refractivity contribution in [3.8, 4) is 0 Å². The minimum Gasteiger partial charge on any atom is -0.383 e. The van der Waals surface area contributed by atoms with Crippen LogP contribution in [0.4, 0.5) is 11.6 Å². The van der Waals surface area contributed by atoms with Gasteiger partial charge in [-0.15, -0.1) is 0 Å². The van der Waals surface area contributed by atoms with Gasteiger partial charge in [-0.2, -0.15) is 0 Å². The van der Waals surface area contributed by atoms with Gasteiger partial charge in [-0.25, -0.2) is 4.98 Å². The lowest BCUT2D eigenvalue weighted by Crippen LogP contribution is -2.07. The van der Waals surface area contributed by atoms with Crippen molar-refractivity contribution in [3.63, 3.8) is 0 Å². The Balaban J connectivity index is 2.17. The number of methoxy groups -OCH3 is 1. The molecule has 1 N–H and O–H groups in total. The highest BCUT2D eigenvalue weighted by Crippen LogP contribution is 2.18. The SMILES string of the molecule is COCCn1cc(C)nc1Nc1cccc(I)c1. The number of aromatic nitrogens is 2. The summed E-state index contributed by atoms with van der Waals surface area (Å²) in [5.74, 6) is 0.853. The van der Waals surface area contributed by atoms with Gasteiger partial charge < -0.3 is 14.6 Å². The van der Waals surface area contributed by atoms with Crippen molar-refractivity contribution in [3.05, 3.63) is 39.7 Å². The lowest BCUT2D eigenvalue weighted by atomic mass is 10.3. The Morgan fingerprint density at radius 3 is 3.00 bits per heavy atom. The quantitative estimate of drug-likeness (QED) is 0.836. The number of hydrogen-bond donors (Lipinski definition) is 1. The van der Waals surface area contributed by atoms with Crippen molar-refractivity contribution in [1.29, 1.82) is 0 Å². The summed E-state index contributed by atoms with van der Waals surface area (Å²) in [5, 5.41) is 3.33. The van der Waals surface area contributed by atoms with E-state index in [1.54, 1.807) is 7.11 Å². The number of hydrogen-bond acceptors (Lipinski definition) is 3. The van der Waals surface area contributed by atoms with Crippen molar-refractivity contribution in [2.45, 2.75) is 13.5 Å². The van der Waals surface area contributed by atoms with E-state index in [1.807, 2.05) is 25.3 Å². The third-order valence-corrected chi connectivity index (χ3v) is 3.19. The molecule has 0 aliphatic heterocycles. The molecule has 18 heavy (non-hydrogen) atoms. The second kappa shape index (κ2) is 6.19. The molecule has 5 heteroatoms. The highest BCUT2D eigenvalue weighted by Gasteiger charge is 2.05. The summed E-state index contributed by atoms with van der Waals surface area (Å²) in [7, 11) is 1.70. The van der Waals surface area contributed by atoms with Gasteiger partial charge in [0.15, 0.2) is 0 Å². The van der Waals surface area contributed by atoms with E-state index >= 15 is 0 Å². The summed E-state index contributed by atoms with van der Waals surface area (Å²) in [4.78, 5) is 4.48. The monoisotopic (exact) mass is 357 g/mol. The number of anilines is 2. The van der Waals surface area contributed by atoms with E-state index < -0.39 is 0 Å². The maximum absolute atomic E-state index is 5.10. The fraction of sp³-hybridized carbons (Fsp3) is 0.308. The summed E-state index contributed by atoms with van der Waals surface area (Å²) in [6, 6.07) is 8.21. The van der Waals surface area contributed by atoms with E-state index in [4.69, 9.17) is 4.74 Å². The van der Waals surface area contributed by atoms with Gasteiger partial charge in [0.05, 0.1) is 12.3 Å². The van der Waals surface area contributed by atoms with Gasteiger partial charge in [0.25, 0.3) is 0 Å². The van der Waals surface area contributed by atoms with Crippen LogP contribution in [0.1, 0.15) is 5.69 Å². The number of aryl methyl sites for hydroxylation is 1. The zero-order valence-electron chi connectivity index (χ0n) is 10.5. The minimum atomic E-state index is 0.677. The molecule has 0 saturated carbocycles. The number of ether oxygens (including phenoxy) is 1. The van der Waals surface area contributed by atoms with E-state index in [1.165, 1.54) is 3.57 Å². The van der Waals surface area contributed by atoms with Gasteiger partial charge in [-0.1, -0.05) is 6.07 Å². The lowest BCUT2D eigenvalue weighted by molar-refractivity contribution is 0.188. The fourth-order valence-electron chi connectivity index (χ4n) is 1.70. The Bertz CT molecular complexity index is 525. The average molecular weight is 357 g/mol. The van der Waals surface area contributed by atoms with E-state index in [2.05, 4.69) is 49.6 Å². The lowest BCUT2D eigenvalue weighted by Gasteiger charge is -2.09. The number of rotatable bonds is 5. The molecule has 2 aromatic rings. The third kappa shape index (κ3) is 3.46. The van der Waals surface area contributed by atoms with Gasteiger partial charge in [0.2, 0.25) is 5.95 Å². The summed E-state index contributed by atoms with van der Waals surface area (Å²) in [6.45, 7) is 3.46. The third-order valence-electron chi connectivity index (χ3n) is 2.51. The van der Waals surface area contributed by atoms with Crippen LogP contribution in [0.5, 0.6) is 0 Å². The predicted molar refractivity (Wildman–Crippen MR) is 81.3 cm³/mol. The Kier molecular flexibility index (Phi) is 4.60. The molecule has 0 unspecified atom stereocenters. The number of nitrogens with one attached hydrogen (secondary N) is 1. The van der Waals surface area contributed by atoms with Crippen molar-refractivity contribution < 1.29 is 4.74 Å². The van der Waals surface area contributed by atoms with Crippen LogP contribution in [0, 0.1) is 10.5 Å². The van der Waals surface area contributed by atoms with E-state index in [0.717, 1.165) is 23.9 Å². The van der Waals surface area contributed by atoms with E-state index in [-0.39, 0.29) is 0 Å². The van der Waals surface area contributed by atoms with Crippen LogP contribution < -0.4 is 5.32 Å². The fourth-order valence-corrected chi connectivity index (χ4v) is 2.25. The molecule has 0 spiro atoms. The Hall–Kier alpha value is -1.08. The van der Waals surface area contributed by atoms with Crippen LogP contribution in [0.2, 0.25) is 0 Å². The standard InChI is InChI=1S/C13H16IN3O/c1-10-9-17(6-7-18-2)13(15-10)16-12-5-3-4-11(14)8-12/h3-5,8-9H,6-7H2,1-2H3,(H,15,16). The van der Waals surface area contributed by atoms with Crippen molar-refractivity contribution >= 4 is 34.2 Å². The van der Waals surface area contributed by atoms with E-state index in [0.29, 0.717) is 6.61 Å². The van der Waals surface area contributed by atoms with E-state index in [9.17, 15) is 0 Å². The van der Waals surface area contributed by atoms with Crippen LogP contribution >= 0.6 is 22.6 Å². The van der Waals surface area contributed by atoms with Gasteiger partial charge in [-0.05, 0) is 47.7 Å². The van der Waals surface area contributed by atoms with Crippen LogP contribution in [0.3, 0.4) is 0 Å². The summed E-state index contributed by atoms with van der Waals surface area (Å²) >= 11 is 2.30. The first-order chi connectivity index (χ1) is 8.69. The molecule has 0 saturated heterocycles. The molecule has 1 heterocycles. The Morgan fingerprint density at radius 2 is 2.28 bits per heavy atom. The van der Waals surface area contributed by atoms with Gasteiger partial charge in [-0.3, -0.25) is 0 Å². The molecule has 0 radical (unpaired) electrons. The molecule has 1 aromatic carbocycles. The molecule has 96 valence electrons. The van der Waals surface area contributed by atoms with Crippen molar-refractivity contribution in [1.82, 2.24) is 9.55 Å². The predicted octanol–water partition coefficient (Wildman–Crippen LogP) is 3.19. The van der Waals surface area contributed by atoms with Crippen LogP contribution in [0.25, 0.3) is 0 Å². The molecule has 0 aliphatic rings. The zero-order chi connectivity index (χ0) is 13.0. The van der Waals surface area contributed by atoms with Crippen molar-refractivity contribution in [2.24, 2.45) is 0 Å².